The van der Waals surface area contributed by atoms with Gasteiger partial charge in [0.2, 0.25) is 5.91 Å². The van der Waals surface area contributed by atoms with E-state index < -0.39 is 0 Å². The van der Waals surface area contributed by atoms with Crippen LogP contribution in [-0.2, 0) is 4.79 Å². The molecular formula is C16H22ClN3O. The molecule has 1 N–H and O–H groups in total. The van der Waals surface area contributed by atoms with Crippen LogP contribution in [0, 0.1) is 0 Å². The first kappa shape index (κ1) is 14.7. The van der Waals surface area contributed by atoms with Gasteiger partial charge in [0.1, 0.15) is 0 Å². The van der Waals surface area contributed by atoms with Crippen molar-refractivity contribution in [3.8, 4) is 0 Å². The standard InChI is InChI=1S/C16H22ClN3O/c17-13-4-6-14(7-5-13)19-9-11-20(12-10-19)16(21)15-3-1-2-8-18-15/h4-7,15,18H,1-3,8-12H2. The van der Waals surface area contributed by atoms with Gasteiger partial charge < -0.3 is 15.1 Å². The molecule has 21 heavy (non-hydrogen) atoms. The van der Waals surface area contributed by atoms with Crippen molar-refractivity contribution in [2.24, 2.45) is 0 Å². The molecule has 0 aromatic heterocycles. The number of rotatable bonds is 2. The van der Waals surface area contributed by atoms with E-state index in [0.717, 1.165) is 50.6 Å². The van der Waals surface area contributed by atoms with E-state index in [1.807, 2.05) is 29.2 Å². The van der Waals surface area contributed by atoms with Gasteiger partial charge in [0.25, 0.3) is 0 Å². The summed E-state index contributed by atoms with van der Waals surface area (Å²) >= 11 is 5.92. The second-order valence-corrected chi connectivity index (χ2v) is 6.23. The average molecular weight is 308 g/mol. The van der Waals surface area contributed by atoms with Crippen LogP contribution in [-0.4, -0.2) is 49.6 Å². The fourth-order valence-corrected chi connectivity index (χ4v) is 3.25. The van der Waals surface area contributed by atoms with Gasteiger partial charge in [-0.1, -0.05) is 18.0 Å². The van der Waals surface area contributed by atoms with Gasteiger partial charge in [0.05, 0.1) is 6.04 Å². The Morgan fingerprint density at radius 2 is 1.81 bits per heavy atom. The number of piperidine rings is 1. The third-order valence-corrected chi connectivity index (χ3v) is 4.64. The van der Waals surface area contributed by atoms with Crippen molar-refractivity contribution in [2.75, 3.05) is 37.6 Å². The van der Waals surface area contributed by atoms with Crippen molar-refractivity contribution in [1.82, 2.24) is 10.2 Å². The minimum Gasteiger partial charge on any atom is -0.368 e. The summed E-state index contributed by atoms with van der Waals surface area (Å²) in [5, 5.41) is 4.11. The molecule has 0 bridgehead atoms. The van der Waals surface area contributed by atoms with Crippen LogP contribution in [0.2, 0.25) is 5.02 Å². The molecule has 2 heterocycles. The molecule has 3 rings (SSSR count). The lowest BCUT2D eigenvalue weighted by molar-refractivity contribution is -0.134. The van der Waals surface area contributed by atoms with Crippen molar-refractivity contribution in [1.29, 1.82) is 0 Å². The van der Waals surface area contributed by atoms with E-state index in [4.69, 9.17) is 11.6 Å². The summed E-state index contributed by atoms with van der Waals surface area (Å²) in [6, 6.07) is 7.96. The van der Waals surface area contributed by atoms with Crippen LogP contribution in [0.4, 0.5) is 5.69 Å². The number of hydrogen-bond donors (Lipinski definition) is 1. The molecule has 1 atom stereocenters. The van der Waals surface area contributed by atoms with Crippen molar-refractivity contribution in [3.05, 3.63) is 29.3 Å². The number of halogens is 1. The number of carbonyl (C=O) groups is 1. The Kier molecular flexibility index (Phi) is 4.66. The molecule has 2 fully saturated rings. The number of anilines is 1. The molecule has 1 aromatic rings. The van der Waals surface area contributed by atoms with Gasteiger partial charge in [-0.25, -0.2) is 0 Å². The first-order valence-electron chi connectivity index (χ1n) is 7.77. The SMILES string of the molecule is O=C(C1CCCCN1)N1CCN(c2ccc(Cl)cc2)CC1. The Balaban J connectivity index is 1.54. The van der Waals surface area contributed by atoms with E-state index >= 15 is 0 Å². The first-order chi connectivity index (χ1) is 10.2. The third-order valence-electron chi connectivity index (χ3n) is 4.39. The molecule has 2 saturated heterocycles. The van der Waals surface area contributed by atoms with Gasteiger partial charge in [-0.2, -0.15) is 0 Å². The minimum absolute atomic E-state index is 0.0424. The normalized spacial score (nSPS) is 23.2. The van der Waals surface area contributed by atoms with Crippen molar-refractivity contribution < 1.29 is 4.79 Å². The Hall–Kier alpha value is -1.26. The highest BCUT2D eigenvalue weighted by molar-refractivity contribution is 6.30. The average Bonchev–Trinajstić information content (AvgIpc) is 2.56. The van der Waals surface area contributed by atoms with E-state index in [1.165, 1.54) is 12.1 Å². The highest BCUT2D eigenvalue weighted by Crippen LogP contribution is 2.20. The summed E-state index contributed by atoms with van der Waals surface area (Å²) < 4.78 is 0. The second-order valence-electron chi connectivity index (χ2n) is 5.79. The topological polar surface area (TPSA) is 35.6 Å². The second kappa shape index (κ2) is 6.67. The summed E-state index contributed by atoms with van der Waals surface area (Å²) in [6.07, 6.45) is 3.33. The predicted octanol–water partition coefficient (Wildman–Crippen LogP) is 2.13. The van der Waals surface area contributed by atoms with Gasteiger partial charge >= 0.3 is 0 Å². The Morgan fingerprint density at radius 3 is 2.43 bits per heavy atom. The molecule has 2 aliphatic heterocycles. The monoisotopic (exact) mass is 307 g/mol. The molecule has 0 saturated carbocycles. The largest absolute Gasteiger partial charge is 0.368 e. The number of hydrogen-bond acceptors (Lipinski definition) is 3. The number of nitrogens with zero attached hydrogens (tertiary/aromatic N) is 2. The molecule has 4 nitrogen and oxygen atoms in total. The van der Waals surface area contributed by atoms with Crippen LogP contribution < -0.4 is 10.2 Å². The van der Waals surface area contributed by atoms with Crippen LogP contribution in [0.3, 0.4) is 0 Å². The lowest BCUT2D eigenvalue weighted by atomic mass is 10.0. The highest BCUT2D eigenvalue weighted by atomic mass is 35.5. The molecule has 0 aliphatic carbocycles. The van der Waals surface area contributed by atoms with Gasteiger partial charge in [-0.3, -0.25) is 4.79 Å². The molecule has 1 amide bonds. The van der Waals surface area contributed by atoms with E-state index in [0.29, 0.717) is 0 Å². The molecule has 5 heteroatoms. The molecular weight excluding hydrogens is 286 g/mol. The van der Waals surface area contributed by atoms with Crippen molar-refractivity contribution in [3.63, 3.8) is 0 Å². The molecule has 2 aliphatic rings. The predicted molar refractivity (Wildman–Crippen MR) is 85.9 cm³/mol. The first-order valence-corrected chi connectivity index (χ1v) is 8.14. The maximum Gasteiger partial charge on any atom is 0.239 e. The van der Waals surface area contributed by atoms with Crippen LogP contribution in [0.15, 0.2) is 24.3 Å². The van der Waals surface area contributed by atoms with Crippen LogP contribution >= 0.6 is 11.6 Å². The molecule has 0 radical (unpaired) electrons. The smallest absolute Gasteiger partial charge is 0.239 e. The maximum absolute atomic E-state index is 12.5. The Morgan fingerprint density at radius 1 is 1.10 bits per heavy atom. The van der Waals surface area contributed by atoms with Crippen molar-refractivity contribution in [2.45, 2.75) is 25.3 Å². The number of amides is 1. The third kappa shape index (κ3) is 3.50. The molecule has 114 valence electrons. The summed E-state index contributed by atoms with van der Waals surface area (Å²) in [4.78, 5) is 16.8. The number of piperazine rings is 1. The minimum atomic E-state index is 0.0424. The van der Waals surface area contributed by atoms with E-state index in [1.54, 1.807) is 0 Å². The zero-order valence-electron chi connectivity index (χ0n) is 12.2. The number of carbonyl (C=O) groups excluding carboxylic acids is 1. The zero-order chi connectivity index (χ0) is 14.7. The molecule has 1 unspecified atom stereocenters. The lowest BCUT2D eigenvalue weighted by Gasteiger charge is -2.38. The molecule has 1 aromatic carbocycles. The fraction of sp³-hybridized carbons (Fsp3) is 0.562. The van der Waals surface area contributed by atoms with Crippen LogP contribution in [0.1, 0.15) is 19.3 Å². The van der Waals surface area contributed by atoms with Gasteiger partial charge in [0, 0.05) is 36.9 Å². The highest BCUT2D eigenvalue weighted by Gasteiger charge is 2.28. The van der Waals surface area contributed by atoms with Crippen molar-refractivity contribution >= 4 is 23.2 Å². The quantitative estimate of drug-likeness (QED) is 0.909. The van der Waals surface area contributed by atoms with Crippen LogP contribution in [0.5, 0.6) is 0 Å². The Bertz CT molecular complexity index is 477. The van der Waals surface area contributed by atoms with E-state index in [9.17, 15) is 4.79 Å². The molecule has 0 spiro atoms. The lowest BCUT2D eigenvalue weighted by Crippen LogP contribution is -2.55. The summed E-state index contributed by atoms with van der Waals surface area (Å²) in [6.45, 7) is 4.36. The number of nitrogens with one attached hydrogen (secondary N) is 1. The maximum atomic E-state index is 12.5. The van der Waals surface area contributed by atoms with Gasteiger partial charge in [-0.05, 0) is 43.7 Å². The fourth-order valence-electron chi connectivity index (χ4n) is 3.12. The summed E-state index contributed by atoms with van der Waals surface area (Å²) in [7, 11) is 0. The van der Waals surface area contributed by atoms with Gasteiger partial charge in [0.15, 0.2) is 0 Å². The summed E-state index contributed by atoms with van der Waals surface area (Å²) in [5.41, 5.74) is 1.18. The van der Waals surface area contributed by atoms with Crippen LogP contribution in [0.25, 0.3) is 0 Å². The zero-order valence-corrected chi connectivity index (χ0v) is 13.0. The Labute approximate surface area is 131 Å². The van der Waals surface area contributed by atoms with E-state index in [-0.39, 0.29) is 11.9 Å². The number of benzene rings is 1. The van der Waals surface area contributed by atoms with Gasteiger partial charge in [-0.15, -0.1) is 0 Å². The summed E-state index contributed by atoms with van der Waals surface area (Å²) in [5.74, 6) is 0.283. The van der Waals surface area contributed by atoms with E-state index in [2.05, 4.69) is 10.2 Å².